The van der Waals surface area contributed by atoms with E-state index in [-0.39, 0.29) is 35.5 Å². The zero-order chi connectivity index (χ0) is 19.6. The van der Waals surface area contributed by atoms with Gasteiger partial charge in [0.1, 0.15) is 0 Å². The summed E-state index contributed by atoms with van der Waals surface area (Å²) >= 11 is 1.65. The van der Waals surface area contributed by atoms with Crippen LogP contribution in [-0.2, 0) is 11.3 Å². The summed E-state index contributed by atoms with van der Waals surface area (Å²) < 4.78 is 1.35. The topological polar surface area (TPSA) is 92.5 Å². The first-order valence-electron chi connectivity index (χ1n) is 8.99. The van der Waals surface area contributed by atoms with Crippen LogP contribution < -0.4 is 5.56 Å². The molecule has 7 nitrogen and oxygen atoms in total. The lowest BCUT2D eigenvalue weighted by Gasteiger charge is -2.34. The van der Waals surface area contributed by atoms with Gasteiger partial charge in [-0.1, -0.05) is 32.0 Å². The van der Waals surface area contributed by atoms with E-state index in [0.29, 0.717) is 29.6 Å². The summed E-state index contributed by atoms with van der Waals surface area (Å²) in [7, 11) is 0. The molecule has 1 aromatic carbocycles. The Labute approximate surface area is 161 Å². The number of carbonyl (C=O) groups is 2. The number of hydrogen-bond acceptors (Lipinski definition) is 5. The Morgan fingerprint density at radius 2 is 2.00 bits per heavy atom. The van der Waals surface area contributed by atoms with E-state index in [1.54, 1.807) is 40.9 Å². The van der Waals surface area contributed by atoms with Crippen LogP contribution in [0.5, 0.6) is 0 Å². The van der Waals surface area contributed by atoms with Crippen molar-refractivity contribution in [1.29, 1.82) is 0 Å². The third kappa shape index (κ3) is 4.16. The number of rotatable bonds is 5. The highest BCUT2D eigenvalue weighted by Gasteiger charge is 2.31. The van der Waals surface area contributed by atoms with Crippen LogP contribution in [0.3, 0.4) is 0 Å². The number of hydrogen-bond donors (Lipinski definition) is 1. The molecular weight excluding hydrogens is 366 g/mol. The first kappa shape index (κ1) is 19.4. The van der Waals surface area contributed by atoms with Gasteiger partial charge >= 0.3 is 5.97 Å². The van der Waals surface area contributed by atoms with E-state index in [1.807, 2.05) is 13.8 Å². The quantitative estimate of drug-likeness (QED) is 0.842. The number of nitrogens with zero attached hydrogens (tertiary/aromatic N) is 3. The van der Waals surface area contributed by atoms with E-state index in [9.17, 15) is 19.5 Å². The zero-order valence-corrected chi connectivity index (χ0v) is 16.2. The van der Waals surface area contributed by atoms with Crippen molar-refractivity contribution in [2.24, 2.45) is 5.92 Å². The molecule has 0 radical (unpaired) electrons. The Bertz CT molecular complexity index is 925. The van der Waals surface area contributed by atoms with Crippen molar-refractivity contribution in [3.63, 3.8) is 0 Å². The minimum Gasteiger partial charge on any atom is -0.481 e. The van der Waals surface area contributed by atoms with Gasteiger partial charge in [0.25, 0.3) is 11.5 Å². The molecule has 0 saturated carbocycles. The van der Waals surface area contributed by atoms with Crippen LogP contribution in [-0.4, -0.2) is 55.8 Å². The number of fused-ring (bicyclic) bond motifs is 1. The minimum atomic E-state index is -0.928. The molecule has 8 heteroatoms. The average Bonchev–Trinajstić information content (AvgIpc) is 2.63. The standard InChI is InChI=1S/C19H23N3O4S/c1-12(2)10-22-18(25)15-6-4-3-5-14(15)17(20-22)19(26)21-7-8-27-11-13(21)9-16(23)24/h3-6,12-13H,7-11H2,1-2H3,(H,23,24). The van der Waals surface area contributed by atoms with E-state index in [4.69, 9.17) is 0 Å². The average molecular weight is 389 g/mol. The van der Waals surface area contributed by atoms with Crippen molar-refractivity contribution in [3.05, 3.63) is 40.3 Å². The maximum Gasteiger partial charge on any atom is 0.305 e. The number of aromatic nitrogens is 2. The smallest absolute Gasteiger partial charge is 0.305 e. The molecule has 1 aromatic heterocycles. The third-order valence-corrected chi connectivity index (χ3v) is 5.60. The lowest BCUT2D eigenvalue weighted by atomic mass is 10.1. The Kier molecular flexibility index (Phi) is 5.84. The van der Waals surface area contributed by atoms with Crippen LogP contribution in [0.2, 0.25) is 0 Å². The van der Waals surface area contributed by atoms with Crippen LogP contribution in [0, 0.1) is 5.92 Å². The molecule has 1 saturated heterocycles. The molecule has 27 heavy (non-hydrogen) atoms. The molecule has 3 rings (SSSR count). The number of carbonyl (C=O) groups excluding carboxylic acids is 1. The zero-order valence-electron chi connectivity index (χ0n) is 15.4. The molecule has 1 aliphatic heterocycles. The van der Waals surface area contributed by atoms with Gasteiger partial charge in [-0.15, -0.1) is 0 Å². The maximum atomic E-state index is 13.3. The summed E-state index contributed by atoms with van der Waals surface area (Å²) in [6.45, 7) is 4.85. The molecule has 144 valence electrons. The second-order valence-corrected chi connectivity index (χ2v) is 8.25. The number of amides is 1. The van der Waals surface area contributed by atoms with Crippen molar-refractivity contribution in [3.8, 4) is 0 Å². The minimum absolute atomic E-state index is 0.0949. The highest BCUT2D eigenvalue weighted by Crippen LogP contribution is 2.23. The van der Waals surface area contributed by atoms with Gasteiger partial charge in [-0.25, -0.2) is 4.68 Å². The largest absolute Gasteiger partial charge is 0.481 e. The van der Waals surface area contributed by atoms with Crippen molar-refractivity contribution in [1.82, 2.24) is 14.7 Å². The predicted octanol–water partition coefficient (Wildman–Crippen LogP) is 2.08. The first-order valence-corrected chi connectivity index (χ1v) is 10.1. The molecule has 2 aromatic rings. The fourth-order valence-electron chi connectivity index (χ4n) is 3.29. The van der Waals surface area contributed by atoms with Gasteiger partial charge < -0.3 is 10.0 Å². The number of benzene rings is 1. The summed E-state index contributed by atoms with van der Waals surface area (Å²) in [6.07, 6.45) is -0.0949. The maximum absolute atomic E-state index is 13.3. The molecule has 1 fully saturated rings. The van der Waals surface area contributed by atoms with E-state index in [1.165, 1.54) is 4.68 Å². The molecule has 1 aliphatic rings. The molecule has 0 spiro atoms. The monoisotopic (exact) mass is 389 g/mol. The van der Waals surface area contributed by atoms with Gasteiger partial charge in [-0.3, -0.25) is 14.4 Å². The summed E-state index contributed by atoms with van der Waals surface area (Å²) in [5, 5.41) is 14.5. The van der Waals surface area contributed by atoms with Crippen LogP contribution in [0.25, 0.3) is 10.8 Å². The van der Waals surface area contributed by atoms with Crippen molar-refractivity contribution < 1.29 is 14.7 Å². The number of carboxylic acids is 1. The number of aliphatic carboxylic acids is 1. The summed E-state index contributed by atoms with van der Waals surface area (Å²) in [6, 6.07) is 6.59. The highest BCUT2D eigenvalue weighted by atomic mass is 32.2. The van der Waals surface area contributed by atoms with Crippen molar-refractivity contribution in [2.45, 2.75) is 32.9 Å². The van der Waals surface area contributed by atoms with Gasteiger partial charge in [0, 0.05) is 30.0 Å². The molecule has 1 atom stereocenters. The van der Waals surface area contributed by atoms with Gasteiger partial charge in [0.15, 0.2) is 5.69 Å². The van der Waals surface area contributed by atoms with Crippen molar-refractivity contribution in [2.75, 3.05) is 18.1 Å². The predicted molar refractivity (Wildman–Crippen MR) is 105 cm³/mol. The second kappa shape index (κ2) is 8.12. The molecular formula is C19H23N3O4S. The Morgan fingerprint density at radius 3 is 2.67 bits per heavy atom. The molecule has 2 heterocycles. The summed E-state index contributed by atoms with van der Waals surface area (Å²) in [5.74, 6) is 0.302. The second-order valence-electron chi connectivity index (χ2n) is 7.10. The van der Waals surface area contributed by atoms with Crippen LogP contribution in [0.1, 0.15) is 30.8 Å². The summed E-state index contributed by atoms with van der Waals surface area (Å²) in [4.78, 5) is 38.8. The fourth-order valence-corrected chi connectivity index (χ4v) is 4.35. The lowest BCUT2D eigenvalue weighted by molar-refractivity contribution is -0.138. The van der Waals surface area contributed by atoms with Gasteiger partial charge in [0.05, 0.1) is 17.8 Å². The van der Waals surface area contributed by atoms with E-state index in [2.05, 4.69) is 5.10 Å². The Balaban J connectivity index is 2.08. The lowest BCUT2D eigenvalue weighted by Crippen LogP contribution is -2.47. The highest BCUT2D eigenvalue weighted by molar-refractivity contribution is 7.99. The van der Waals surface area contributed by atoms with Crippen molar-refractivity contribution >= 4 is 34.4 Å². The van der Waals surface area contributed by atoms with Crippen LogP contribution in [0.15, 0.2) is 29.1 Å². The van der Waals surface area contributed by atoms with Crippen LogP contribution >= 0.6 is 11.8 Å². The van der Waals surface area contributed by atoms with E-state index < -0.39 is 5.97 Å². The first-order chi connectivity index (χ1) is 12.9. The molecule has 0 bridgehead atoms. The molecule has 0 aliphatic carbocycles. The normalized spacial score (nSPS) is 17.4. The Hall–Kier alpha value is -2.35. The number of thioether (sulfide) groups is 1. The fraction of sp³-hybridized carbons (Fsp3) is 0.474. The van der Waals surface area contributed by atoms with Crippen LogP contribution in [0.4, 0.5) is 0 Å². The SMILES string of the molecule is CC(C)Cn1nc(C(=O)N2CCSCC2CC(=O)O)c2ccccc2c1=O. The van der Waals surface area contributed by atoms with Gasteiger partial charge in [-0.05, 0) is 12.0 Å². The van der Waals surface area contributed by atoms with E-state index >= 15 is 0 Å². The number of carboxylic acid groups (broad SMARTS) is 1. The van der Waals surface area contributed by atoms with Gasteiger partial charge in [-0.2, -0.15) is 16.9 Å². The molecule has 1 amide bonds. The third-order valence-electron chi connectivity index (χ3n) is 4.51. The molecule has 1 N–H and O–H groups in total. The summed E-state index contributed by atoms with van der Waals surface area (Å²) in [5.41, 5.74) is 0.000254. The van der Waals surface area contributed by atoms with Gasteiger partial charge in [0.2, 0.25) is 0 Å². The van der Waals surface area contributed by atoms with E-state index in [0.717, 1.165) is 5.75 Å². The molecule has 1 unspecified atom stereocenters. The Morgan fingerprint density at radius 1 is 1.30 bits per heavy atom.